The van der Waals surface area contributed by atoms with Crippen LogP contribution in [0.2, 0.25) is 0 Å². The Labute approximate surface area is 82.2 Å². The van der Waals surface area contributed by atoms with E-state index in [0.717, 1.165) is 5.56 Å². The molecule has 1 heterocycles. The molecule has 5 heteroatoms. The summed E-state index contributed by atoms with van der Waals surface area (Å²) in [4.78, 5) is 4.06. The highest BCUT2D eigenvalue weighted by molar-refractivity contribution is 5.42. The van der Waals surface area contributed by atoms with Gasteiger partial charge in [-0.15, -0.1) is 0 Å². The van der Waals surface area contributed by atoms with Crippen LogP contribution in [0.25, 0.3) is 0 Å². The first-order valence-electron chi connectivity index (χ1n) is 3.97. The van der Waals surface area contributed by atoms with Crippen LogP contribution in [0, 0.1) is 18.3 Å². The fourth-order valence-corrected chi connectivity index (χ4v) is 0.858. The Bertz CT molecular complexity index is 373. The summed E-state index contributed by atoms with van der Waals surface area (Å²) in [5.41, 5.74) is 6.37. The summed E-state index contributed by atoms with van der Waals surface area (Å²) >= 11 is 0. The smallest absolute Gasteiger partial charge is 0.146 e. The normalized spacial score (nSPS) is 10.8. The van der Waals surface area contributed by atoms with Gasteiger partial charge in [-0.1, -0.05) is 6.07 Å². The van der Waals surface area contributed by atoms with Gasteiger partial charge < -0.3 is 5.73 Å². The van der Waals surface area contributed by atoms with E-state index in [0.29, 0.717) is 5.82 Å². The minimum atomic E-state index is 0.0369. The second-order valence-corrected chi connectivity index (χ2v) is 2.80. The number of hydrazine groups is 1. The van der Waals surface area contributed by atoms with E-state index in [-0.39, 0.29) is 5.70 Å². The maximum Gasteiger partial charge on any atom is 0.146 e. The minimum absolute atomic E-state index is 0.0369. The van der Waals surface area contributed by atoms with E-state index in [1.54, 1.807) is 18.3 Å². The summed E-state index contributed by atoms with van der Waals surface area (Å²) in [6, 6.07) is 5.39. The largest absolute Gasteiger partial charge is 0.389 e. The van der Waals surface area contributed by atoms with Gasteiger partial charge in [-0.3, -0.25) is 5.01 Å². The maximum atomic E-state index is 8.43. The number of nitriles is 1. The van der Waals surface area contributed by atoms with Crippen molar-refractivity contribution in [2.24, 2.45) is 11.6 Å². The van der Waals surface area contributed by atoms with Crippen LogP contribution in [-0.4, -0.2) is 4.98 Å². The average molecular weight is 189 g/mol. The lowest BCUT2D eigenvalue weighted by atomic mass is 10.3. The predicted octanol–water partition coefficient (Wildman–Crippen LogP) is 0.394. The van der Waals surface area contributed by atoms with Crippen LogP contribution in [0.3, 0.4) is 0 Å². The molecule has 0 aromatic carbocycles. The van der Waals surface area contributed by atoms with Crippen LogP contribution in [0.15, 0.2) is 30.2 Å². The van der Waals surface area contributed by atoms with Gasteiger partial charge in [0.1, 0.15) is 17.6 Å². The predicted molar refractivity (Wildman–Crippen MR) is 53.5 cm³/mol. The van der Waals surface area contributed by atoms with Gasteiger partial charge in [0.25, 0.3) is 0 Å². The number of aryl methyl sites for hydroxylation is 1. The monoisotopic (exact) mass is 189 g/mol. The van der Waals surface area contributed by atoms with E-state index in [9.17, 15) is 0 Å². The number of nitrogens with two attached hydrogens (primary N) is 2. The molecule has 4 N–H and O–H groups in total. The van der Waals surface area contributed by atoms with Crippen molar-refractivity contribution in [3.63, 3.8) is 0 Å². The standard InChI is InChI=1S/C9H11N5/c1-7-2-3-9(13-5-7)14(12)6-8(11)4-10/h2-3,5-6H,11-12H2,1H3/b8-6-. The molecule has 0 aliphatic carbocycles. The highest BCUT2D eigenvalue weighted by Gasteiger charge is 1.99. The highest BCUT2D eigenvalue weighted by atomic mass is 15.4. The molecule has 0 amide bonds. The summed E-state index contributed by atoms with van der Waals surface area (Å²) < 4.78 is 0. The Balaban J connectivity index is 2.86. The molecule has 0 unspecified atom stereocenters. The number of allylic oxidation sites excluding steroid dienone is 1. The van der Waals surface area contributed by atoms with Gasteiger partial charge in [0, 0.05) is 6.20 Å². The van der Waals surface area contributed by atoms with Crippen molar-refractivity contribution in [3.05, 3.63) is 35.8 Å². The van der Waals surface area contributed by atoms with Crippen molar-refractivity contribution in [2.45, 2.75) is 6.92 Å². The van der Waals surface area contributed by atoms with E-state index in [1.807, 2.05) is 13.0 Å². The third-order valence-electron chi connectivity index (χ3n) is 1.57. The van der Waals surface area contributed by atoms with Crippen molar-refractivity contribution in [1.82, 2.24) is 4.98 Å². The summed E-state index contributed by atoms with van der Waals surface area (Å²) in [7, 11) is 0. The molecule has 0 aliphatic heterocycles. The van der Waals surface area contributed by atoms with E-state index in [1.165, 1.54) is 11.2 Å². The molecule has 1 rings (SSSR count). The number of rotatable bonds is 2. The van der Waals surface area contributed by atoms with Crippen molar-refractivity contribution in [3.8, 4) is 6.07 Å². The molecular weight excluding hydrogens is 178 g/mol. The summed E-state index contributed by atoms with van der Waals surface area (Å²) in [6.07, 6.45) is 3.00. The molecule has 0 atom stereocenters. The zero-order valence-electron chi connectivity index (χ0n) is 7.81. The molecule has 0 saturated heterocycles. The highest BCUT2D eigenvalue weighted by Crippen LogP contribution is 2.07. The van der Waals surface area contributed by atoms with Gasteiger partial charge in [-0.2, -0.15) is 5.26 Å². The Kier molecular flexibility index (Phi) is 3.05. The molecular formula is C9H11N5. The molecule has 5 nitrogen and oxygen atoms in total. The zero-order chi connectivity index (χ0) is 10.6. The fourth-order valence-electron chi connectivity index (χ4n) is 0.858. The number of hydrogen-bond acceptors (Lipinski definition) is 5. The minimum Gasteiger partial charge on any atom is -0.389 e. The van der Waals surface area contributed by atoms with E-state index < -0.39 is 0 Å². The topological polar surface area (TPSA) is 92.0 Å². The molecule has 0 spiro atoms. The van der Waals surface area contributed by atoms with Crippen LogP contribution in [0.4, 0.5) is 5.82 Å². The summed E-state index contributed by atoms with van der Waals surface area (Å²) in [5.74, 6) is 6.12. The van der Waals surface area contributed by atoms with E-state index >= 15 is 0 Å². The lowest BCUT2D eigenvalue weighted by Gasteiger charge is -2.11. The van der Waals surface area contributed by atoms with Gasteiger partial charge in [-0.05, 0) is 18.6 Å². The third kappa shape index (κ3) is 2.47. The lowest BCUT2D eigenvalue weighted by Crippen LogP contribution is -2.26. The first-order valence-corrected chi connectivity index (χ1v) is 3.97. The number of hydrogen-bond donors (Lipinski definition) is 2. The molecule has 0 radical (unpaired) electrons. The molecule has 0 aliphatic rings. The Morgan fingerprint density at radius 2 is 2.36 bits per heavy atom. The molecule has 1 aromatic rings. The Morgan fingerprint density at radius 3 is 2.86 bits per heavy atom. The van der Waals surface area contributed by atoms with Gasteiger partial charge in [0.2, 0.25) is 0 Å². The third-order valence-corrected chi connectivity index (χ3v) is 1.57. The quantitative estimate of drug-likeness (QED) is 0.399. The number of anilines is 1. The first-order chi connectivity index (χ1) is 6.63. The van der Waals surface area contributed by atoms with Gasteiger partial charge >= 0.3 is 0 Å². The average Bonchev–Trinajstić information content (AvgIpc) is 2.18. The first kappa shape index (κ1) is 10.0. The molecule has 1 aromatic heterocycles. The van der Waals surface area contributed by atoms with Crippen molar-refractivity contribution in [1.29, 1.82) is 5.26 Å². The van der Waals surface area contributed by atoms with Crippen molar-refractivity contribution in [2.75, 3.05) is 5.01 Å². The molecule has 72 valence electrons. The van der Waals surface area contributed by atoms with E-state index in [2.05, 4.69) is 4.98 Å². The molecule has 0 fully saturated rings. The van der Waals surface area contributed by atoms with Gasteiger partial charge in [0.15, 0.2) is 0 Å². The molecule has 14 heavy (non-hydrogen) atoms. The van der Waals surface area contributed by atoms with E-state index in [4.69, 9.17) is 16.8 Å². The van der Waals surface area contributed by atoms with Crippen LogP contribution in [0.1, 0.15) is 5.56 Å². The molecule has 0 bridgehead atoms. The van der Waals surface area contributed by atoms with Crippen LogP contribution in [-0.2, 0) is 0 Å². The van der Waals surface area contributed by atoms with Gasteiger partial charge in [-0.25, -0.2) is 10.8 Å². The van der Waals surface area contributed by atoms with Crippen LogP contribution < -0.4 is 16.6 Å². The van der Waals surface area contributed by atoms with Crippen LogP contribution in [0.5, 0.6) is 0 Å². The number of nitrogens with zero attached hydrogens (tertiary/aromatic N) is 3. The number of aromatic nitrogens is 1. The summed E-state index contributed by atoms with van der Waals surface area (Å²) in [6.45, 7) is 1.93. The molecule has 0 saturated carbocycles. The summed E-state index contributed by atoms with van der Waals surface area (Å²) in [5, 5.41) is 9.64. The van der Waals surface area contributed by atoms with Gasteiger partial charge in [0.05, 0.1) is 6.20 Å². The maximum absolute atomic E-state index is 8.43. The van der Waals surface area contributed by atoms with Crippen LogP contribution >= 0.6 is 0 Å². The SMILES string of the molecule is Cc1ccc(N(N)/C=C(\N)C#N)nc1. The lowest BCUT2D eigenvalue weighted by molar-refractivity contribution is 1.01. The Morgan fingerprint density at radius 1 is 1.64 bits per heavy atom. The number of pyridine rings is 1. The zero-order valence-corrected chi connectivity index (χ0v) is 7.81. The van der Waals surface area contributed by atoms with Crippen molar-refractivity contribution >= 4 is 5.82 Å². The Hall–Kier alpha value is -2.06. The second kappa shape index (κ2) is 4.25. The second-order valence-electron chi connectivity index (χ2n) is 2.80. The van der Waals surface area contributed by atoms with Crippen molar-refractivity contribution < 1.29 is 0 Å². The fraction of sp³-hybridized carbons (Fsp3) is 0.111.